The number of benzene rings is 2. The lowest BCUT2D eigenvalue weighted by atomic mass is 9.92. The first-order chi connectivity index (χ1) is 13.2. The Hall–Kier alpha value is -2.43. The zero-order valence-electron chi connectivity index (χ0n) is 16.2. The molecule has 0 bridgehead atoms. The van der Waals surface area contributed by atoms with Gasteiger partial charge in [0.05, 0.1) is 18.7 Å². The van der Waals surface area contributed by atoms with Gasteiger partial charge in [0.25, 0.3) is 0 Å². The Morgan fingerprint density at radius 2 is 1.96 bits per heavy atom. The first kappa shape index (κ1) is 18.0. The van der Waals surface area contributed by atoms with Crippen LogP contribution in [-0.4, -0.2) is 42.2 Å². The van der Waals surface area contributed by atoms with E-state index in [0.717, 1.165) is 24.4 Å². The molecule has 4 rings (SSSR count). The molecule has 1 aliphatic rings. The first-order valence-corrected chi connectivity index (χ1v) is 9.64. The molecule has 4 heteroatoms. The van der Waals surface area contributed by atoms with Crippen molar-refractivity contribution in [2.45, 2.75) is 32.0 Å². The van der Waals surface area contributed by atoms with Crippen LogP contribution in [0.4, 0.5) is 0 Å². The lowest BCUT2D eigenvalue weighted by molar-refractivity contribution is 0.113. The molecule has 0 spiro atoms. The van der Waals surface area contributed by atoms with Crippen molar-refractivity contribution in [2.75, 3.05) is 20.2 Å². The second-order valence-electron chi connectivity index (χ2n) is 7.45. The topological polar surface area (TPSA) is 37.4 Å². The number of hydrogen-bond acceptors (Lipinski definition) is 4. The number of nitrogens with one attached hydrogen (secondary N) is 1. The van der Waals surface area contributed by atoms with Gasteiger partial charge in [0.1, 0.15) is 5.75 Å². The minimum atomic E-state index is 0.160. The van der Waals surface area contributed by atoms with E-state index in [4.69, 9.17) is 4.74 Å². The van der Waals surface area contributed by atoms with Crippen LogP contribution in [0.1, 0.15) is 31.0 Å². The van der Waals surface area contributed by atoms with E-state index in [0.29, 0.717) is 12.1 Å². The van der Waals surface area contributed by atoms with Crippen LogP contribution in [-0.2, 0) is 0 Å². The Bertz CT molecular complexity index is 921. The summed E-state index contributed by atoms with van der Waals surface area (Å²) in [5.74, 6) is 0.895. The van der Waals surface area contributed by atoms with Crippen LogP contribution >= 0.6 is 0 Å². The SMILES string of the molecule is COc1cccc(C(c2ccnc3ccccc23)N2C[C@H](C)NC[C@H]2C)c1. The number of hydrogen-bond donors (Lipinski definition) is 1. The standard InChI is InChI=1S/C23H27N3O/c1-16-15-26(17(2)14-25-16)23(18-7-6-8-19(13-18)27-3)21-11-12-24-22-10-5-4-9-20(21)22/h4-13,16-17,23,25H,14-15H2,1-3H3/t16-,17+,23?/m0/s1. The molecule has 0 radical (unpaired) electrons. The highest BCUT2D eigenvalue weighted by atomic mass is 16.5. The van der Waals surface area contributed by atoms with Crippen molar-refractivity contribution in [1.29, 1.82) is 0 Å². The third-order valence-electron chi connectivity index (χ3n) is 5.53. The molecule has 0 amide bonds. The summed E-state index contributed by atoms with van der Waals surface area (Å²) in [5, 5.41) is 4.81. The third kappa shape index (κ3) is 3.55. The summed E-state index contributed by atoms with van der Waals surface area (Å²) in [5.41, 5.74) is 3.60. The average Bonchev–Trinajstić information content (AvgIpc) is 2.71. The summed E-state index contributed by atoms with van der Waals surface area (Å²) < 4.78 is 5.52. The average molecular weight is 361 g/mol. The zero-order valence-corrected chi connectivity index (χ0v) is 16.2. The second-order valence-corrected chi connectivity index (χ2v) is 7.45. The van der Waals surface area contributed by atoms with Crippen molar-refractivity contribution < 1.29 is 4.74 Å². The number of pyridine rings is 1. The number of ether oxygens (including phenoxy) is 1. The van der Waals surface area contributed by atoms with Gasteiger partial charge < -0.3 is 10.1 Å². The highest BCUT2D eigenvalue weighted by Crippen LogP contribution is 2.36. The van der Waals surface area contributed by atoms with Crippen LogP contribution < -0.4 is 10.1 Å². The summed E-state index contributed by atoms with van der Waals surface area (Å²) in [6, 6.07) is 20.1. The molecular formula is C23H27N3O. The van der Waals surface area contributed by atoms with E-state index in [9.17, 15) is 0 Å². The van der Waals surface area contributed by atoms with Crippen molar-refractivity contribution in [3.63, 3.8) is 0 Å². The molecule has 1 N–H and O–H groups in total. The molecule has 0 aliphatic carbocycles. The number of piperazine rings is 1. The third-order valence-corrected chi connectivity index (χ3v) is 5.53. The van der Waals surface area contributed by atoms with E-state index in [-0.39, 0.29) is 6.04 Å². The van der Waals surface area contributed by atoms with Gasteiger partial charge >= 0.3 is 0 Å². The fourth-order valence-corrected chi connectivity index (χ4v) is 4.13. The molecule has 2 heterocycles. The van der Waals surface area contributed by atoms with Crippen LogP contribution in [0.5, 0.6) is 5.75 Å². The Balaban J connectivity index is 1.89. The Kier molecular flexibility index (Phi) is 5.10. The van der Waals surface area contributed by atoms with Crippen LogP contribution in [0.2, 0.25) is 0 Å². The smallest absolute Gasteiger partial charge is 0.119 e. The minimum absolute atomic E-state index is 0.160. The highest BCUT2D eigenvalue weighted by molar-refractivity contribution is 5.82. The van der Waals surface area contributed by atoms with Crippen molar-refractivity contribution in [3.05, 3.63) is 71.9 Å². The largest absolute Gasteiger partial charge is 0.497 e. The molecular weight excluding hydrogens is 334 g/mol. The maximum Gasteiger partial charge on any atom is 0.119 e. The number of nitrogens with zero attached hydrogens (tertiary/aromatic N) is 2. The van der Waals surface area contributed by atoms with Crippen LogP contribution in [0.25, 0.3) is 10.9 Å². The Labute approximate surface area is 161 Å². The van der Waals surface area contributed by atoms with E-state index in [1.165, 1.54) is 16.5 Å². The molecule has 1 fully saturated rings. The summed E-state index contributed by atoms with van der Waals surface area (Å²) in [6.45, 7) is 6.55. The fraction of sp³-hybridized carbons (Fsp3) is 0.348. The van der Waals surface area contributed by atoms with Gasteiger partial charge in [-0.05, 0) is 49.2 Å². The molecule has 3 atom stereocenters. The van der Waals surface area contributed by atoms with Crippen molar-refractivity contribution in [1.82, 2.24) is 15.2 Å². The number of fused-ring (bicyclic) bond motifs is 1. The Morgan fingerprint density at radius 3 is 2.81 bits per heavy atom. The molecule has 140 valence electrons. The molecule has 1 saturated heterocycles. The van der Waals surface area contributed by atoms with Gasteiger partial charge in [-0.25, -0.2) is 0 Å². The predicted molar refractivity (Wildman–Crippen MR) is 110 cm³/mol. The van der Waals surface area contributed by atoms with Crippen molar-refractivity contribution in [2.24, 2.45) is 0 Å². The monoisotopic (exact) mass is 361 g/mol. The first-order valence-electron chi connectivity index (χ1n) is 9.64. The molecule has 3 aromatic rings. The highest BCUT2D eigenvalue weighted by Gasteiger charge is 2.32. The Morgan fingerprint density at radius 1 is 1.11 bits per heavy atom. The van der Waals surface area contributed by atoms with Crippen molar-refractivity contribution in [3.8, 4) is 5.75 Å². The van der Waals surface area contributed by atoms with Crippen LogP contribution in [0.3, 0.4) is 0 Å². The molecule has 1 aromatic heterocycles. The number of rotatable bonds is 4. The predicted octanol–water partition coefficient (Wildman–Crippen LogP) is 4.02. The number of aromatic nitrogens is 1. The summed E-state index contributed by atoms with van der Waals surface area (Å²) in [4.78, 5) is 7.18. The molecule has 27 heavy (non-hydrogen) atoms. The quantitative estimate of drug-likeness (QED) is 0.762. The normalized spacial score (nSPS) is 21.9. The van der Waals surface area contributed by atoms with Gasteiger partial charge in [-0.15, -0.1) is 0 Å². The van der Waals surface area contributed by atoms with E-state index < -0.39 is 0 Å². The lowest BCUT2D eigenvalue weighted by Gasteiger charge is -2.43. The summed E-state index contributed by atoms with van der Waals surface area (Å²) >= 11 is 0. The van der Waals surface area contributed by atoms with Crippen LogP contribution in [0.15, 0.2) is 60.8 Å². The summed E-state index contributed by atoms with van der Waals surface area (Å²) in [6.07, 6.45) is 1.93. The second kappa shape index (κ2) is 7.67. The molecule has 0 saturated carbocycles. The van der Waals surface area contributed by atoms with Gasteiger partial charge in [0.15, 0.2) is 0 Å². The molecule has 4 nitrogen and oxygen atoms in total. The number of para-hydroxylation sites is 1. The van der Waals surface area contributed by atoms with Gasteiger partial charge in [-0.2, -0.15) is 0 Å². The molecule has 1 aliphatic heterocycles. The van der Waals surface area contributed by atoms with Crippen LogP contribution in [0, 0.1) is 0 Å². The lowest BCUT2D eigenvalue weighted by Crippen LogP contribution is -2.55. The van der Waals surface area contributed by atoms with Gasteiger partial charge in [0, 0.05) is 36.8 Å². The number of methoxy groups -OCH3 is 1. The van der Waals surface area contributed by atoms with Gasteiger partial charge in [0.2, 0.25) is 0 Å². The fourth-order valence-electron chi connectivity index (χ4n) is 4.13. The van der Waals surface area contributed by atoms with Gasteiger partial charge in [-0.3, -0.25) is 9.88 Å². The maximum atomic E-state index is 5.52. The molecule has 2 aromatic carbocycles. The van der Waals surface area contributed by atoms with E-state index >= 15 is 0 Å². The molecule has 1 unspecified atom stereocenters. The van der Waals surface area contributed by atoms with E-state index in [1.807, 2.05) is 12.3 Å². The summed E-state index contributed by atoms with van der Waals surface area (Å²) in [7, 11) is 1.73. The van der Waals surface area contributed by atoms with Crippen molar-refractivity contribution >= 4 is 10.9 Å². The minimum Gasteiger partial charge on any atom is -0.497 e. The van der Waals surface area contributed by atoms with E-state index in [1.54, 1.807) is 7.11 Å². The van der Waals surface area contributed by atoms with Gasteiger partial charge in [-0.1, -0.05) is 30.3 Å². The maximum absolute atomic E-state index is 5.52. The van der Waals surface area contributed by atoms with E-state index in [2.05, 4.69) is 77.6 Å². The zero-order chi connectivity index (χ0) is 18.8.